The summed E-state index contributed by atoms with van der Waals surface area (Å²) in [6.07, 6.45) is 1.55. The summed E-state index contributed by atoms with van der Waals surface area (Å²) in [5, 5.41) is 22.6. The van der Waals surface area contributed by atoms with Gasteiger partial charge in [-0.1, -0.05) is 18.2 Å². The first-order valence-electron chi connectivity index (χ1n) is 5.74. The van der Waals surface area contributed by atoms with Gasteiger partial charge in [-0.2, -0.15) is 5.26 Å². The number of rotatable bonds is 3. The monoisotopic (exact) mass is 241 g/mol. The Morgan fingerprint density at radius 2 is 2.11 bits per heavy atom. The molecule has 0 radical (unpaired) electrons. The summed E-state index contributed by atoms with van der Waals surface area (Å²) in [5.74, 6) is 0. The van der Waals surface area contributed by atoms with Crippen LogP contribution in [0.15, 0.2) is 30.5 Å². The molecule has 2 aromatic rings. The number of fused-ring (bicyclic) bond motifs is 1. The molecule has 1 heterocycles. The van der Waals surface area contributed by atoms with Crippen molar-refractivity contribution in [2.45, 2.75) is 19.4 Å². The molecule has 1 aromatic heterocycles. The van der Waals surface area contributed by atoms with Crippen molar-refractivity contribution in [3.05, 3.63) is 36.0 Å². The maximum absolute atomic E-state index is 9.33. The number of aliphatic hydroxyl groups excluding tert-OH is 1. The second-order valence-electron chi connectivity index (χ2n) is 4.84. The third-order valence-electron chi connectivity index (χ3n) is 2.75. The minimum atomic E-state index is -0.490. The van der Waals surface area contributed by atoms with E-state index in [0.717, 1.165) is 16.6 Å². The molecule has 0 fully saturated rings. The van der Waals surface area contributed by atoms with E-state index < -0.39 is 5.54 Å². The van der Waals surface area contributed by atoms with Crippen molar-refractivity contribution in [1.29, 1.82) is 5.26 Å². The predicted octanol–water partition coefficient (Wildman–Crippen LogP) is 2.29. The minimum Gasteiger partial charge on any atom is -0.394 e. The van der Waals surface area contributed by atoms with E-state index >= 15 is 0 Å². The molecule has 0 bridgehead atoms. The topological polar surface area (TPSA) is 68.9 Å². The van der Waals surface area contributed by atoms with Gasteiger partial charge in [-0.15, -0.1) is 0 Å². The second kappa shape index (κ2) is 4.63. The van der Waals surface area contributed by atoms with Crippen LogP contribution in [0.3, 0.4) is 0 Å². The Labute approximate surface area is 106 Å². The van der Waals surface area contributed by atoms with Crippen LogP contribution >= 0.6 is 0 Å². The van der Waals surface area contributed by atoms with E-state index in [-0.39, 0.29) is 6.61 Å². The van der Waals surface area contributed by atoms with Gasteiger partial charge in [0.2, 0.25) is 0 Å². The smallest absolute Gasteiger partial charge is 0.103 e. The molecule has 4 heteroatoms. The summed E-state index contributed by atoms with van der Waals surface area (Å²) >= 11 is 0. The molecule has 0 aliphatic rings. The van der Waals surface area contributed by atoms with E-state index in [1.807, 2.05) is 38.1 Å². The Morgan fingerprint density at radius 1 is 1.39 bits per heavy atom. The zero-order valence-electron chi connectivity index (χ0n) is 10.4. The third-order valence-corrected chi connectivity index (χ3v) is 2.75. The fourth-order valence-electron chi connectivity index (χ4n) is 1.74. The van der Waals surface area contributed by atoms with E-state index in [4.69, 9.17) is 5.26 Å². The second-order valence-corrected chi connectivity index (χ2v) is 4.84. The summed E-state index contributed by atoms with van der Waals surface area (Å²) in [6.45, 7) is 3.74. The molecule has 0 saturated heterocycles. The van der Waals surface area contributed by atoms with Crippen LogP contribution in [0.4, 0.5) is 5.69 Å². The summed E-state index contributed by atoms with van der Waals surface area (Å²) in [4.78, 5) is 4.24. The first-order valence-corrected chi connectivity index (χ1v) is 5.74. The van der Waals surface area contributed by atoms with E-state index in [9.17, 15) is 5.11 Å². The van der Waals surface area contributed by atoms with Gasteiger partial charge >= 0.3 is 0 Å². The highest BCUT2D eigenvalue weighted by atomic mass is 16.3. The fraction of sp³-hybridized carbons (Fsp3) is 0.286. The molecule has 1 aromatic carbocycles. The Kier molecular flexibility index (Phi) is 3.17. The van der Waals surface area contributed by atoms with Gasteiger partial charge in [0.1, 0.15) is 6.07 Å². The van der Waals surface area contributed by atoms with Crippen molar-refractivity contribution >= 4 is 16.6 Å². The van der Waals surface area contributed by atoms with Crippen molar-refractivity contribution in [1.82, 2.24) is 4.98 Å². The van der Waals surface area contributed by atoms with Crippen molar-refractivity contribution in [3.8, 4) is 6.07 Å². The average molecular weight is 241 g/mol. The van der Waals surface area contributed by atoms with Crippen molar-refractivity contribution < 1.29 is 5.11 Å². The summed E-state index contributed by atoms with van der Waals surface area (Å²) in [7, 11) is 0. The molecule has 0 amide bonds. The SMILES string of the molecule is CC(C)(CO)Nc1c(C#N)cnc2ccccc12. The van der Waals surface area contributed by atoms with Gasteiger partial charge in [0.15, 0.2) is 0 Å². The molecule has 0 aliphatic heterocycles. The number of nitrogens with zero attached hydrogens (tertiary/aromatic N) is 2. The van der Waals surface area contributed by atoms with Crippen LogP contribution in [0, 0.1) is 11.3 Å². The molecule has 2 rings (SSSR count). The molecule has 0 aliphatic carbocycles. The van der Waals surface area contributed by atoms with Crippen LogP contribution in [-0.2, 0) is 0 Å². The molecule has 4 nitrogen and oxygen atoms in total. The van der Waals surface area contributed by atoms with Crippen LogP contribution in [0.1, 0.15) is 19.4 Å². The van der Waals surface area contributed by atoms with Gasteiger partial charge in [-0.25, -0.2) is 0 Å². The molecule has 0 saturated carbocycles. The third kappa shape index (κ3) is 2.27. The standard InChI is InChI=1S/C14H15N3O/c1-14(2,9-18)17-13-10(7-15)8-16-12-6-4-3-5-11(12)13/h3-6,8,18H,9H2,1-2H3,(H,16,17). The Bertz CT molecular complexity index is 614. The number of aliphatic hydroxyl groups is 1. The lowest BCUT2D eigenvalue weighted by Crippen LogP contribution is -2.35. The number of para-hydroxylation sites is 1. The largest absolute Gasteiger partial charge is 0.394 e. The van der Waals surface area contributed by atoms with E-state index in [1.54, 1.807) is 6.20 Å². The molecule has 0 spiro atoms. The summed E-state index contributed by atoms with van der Waals surface area (Å²) < 4.78 is 0. The van der Waals surface area contributed by atoms with Crippen LogP contribution in [-0.4, -0.2) is 22.2 Å². The maximum atomic E-state index is 9.33. The Balaban J connectivity index is 2.63. The number of pyridine rings is 1. The van der Waals surface area contributed by atoms with Gasteiger partial charge in [0.25, 0.3) is 0 Å². The Morgan fingerprint density at radius 3 is 2.78 bits per heavy atom. The van der Waals surface area contributed by atoms with Gasteiger partial charge in [0.05, 0.1) is 28.9 Å². The van der Waals surface area contributed by atoms with Crippen molar-refractivity contribution in [2.24, 2.45) is 0 Å². The van der Waals surface area contributed by atoms with Crippen LogP contribution in [0.2, 0.25) is 0 Å². The molecule has 92 valence electrons. The maximum Gasteiger partial charge on any atom is 0.103 e. The molecular formula is C14H15N3O. The number of benzene rings is 1. The molecule has 18 heavy (non-hydrogen) atoms. The fourth-order valence-corrected chi connectivity index (χ4v) is 1.74. The van der Waals surface area contributed by atoms with Gasteiger partial charge in [-0.05, 0) is 19.9 Å². The molecule has 2 N–H and O–H groups in total. The number of anilines is 1. The number of hydrogen-bond donors (Lipinski definition) is 2. The van der Waals surface area contributed by atoms with Crippen LogP contribution in [0.25, 0.3) is 10.9 Å². The lowest BCUT2D eigenvalue weighted by molar-refractivity contribution is 0.234. The Hall–Kier alpha value is -2.12. The average Bonchev–Trinajstić information content (AvgIpc) is 2.39. The zero-order chi connectivity index (χ0) is 13.2. The highest BCUT2D eigenvalue weighted by molar-refractivity contribution is 5.94. The van der Waals surface area contributed by atoms with Gasteiger partial charge in [0, 0.05) is 11.6 Å². The highest BCUT2D eigenvalue weighted by Crippen LogP contribution is 2.27. The zero-order valence-corrected chi connectivity index (χ0v) is 10.4. The quantitative estimate of drug-likeness (QED) is 0.865. The van der Waals surface area contributed by atoms with Gasteiger partial charge < -0.3 is 10.4 Å². The number of nitriles is 1. The lowest BCUT2D eigenvalue weighted by atomic mass is 10.0. The first kappa shape index (κ1) is 12.3. The van der Waals surface area contributed by atoms with Crippen LogP contribution < -0.4 is 5.32 Å². The summed E-state index contributed by atoms with van der Waals surface area (Å²) in [5.41, 5.74) is 1.54. The number of aromatic nitrogens is 1. The number of hydrogen-bond acceptors (Lipinski definition) is 4. The van der Waals surface area contributed by atoms with E-state index in [0.29, 0.717) is 5.56 Å². The van der Waals surface area contributed by atoms with E-state index in [1.165, 1.54) is 0 Å². The van der Waals surface area contributed by atoms with Crippen molar-refractivity contribution in [3.63, 3.8) is 0 Å². The normalized spacial score (nSPS) is 11.2. The number of nitrogens with one attached hydrogen (secondary N) is 1. The van der Waals surface area contributed by atoms with Crippen molar-refractivity contribution in [2.75, 3.05) is 11.9 Å². The van der Waals surface area contributed by atoms with Gasteiger partial charge in [-0.3, -0.25) is 4.98 Å². The highest BCUT2D eigenvalue weighted by Gasteiger charge is 2.19. The van der Waals surface area contributed by atoms with E-state index in [2.05, 4.69) is 16.4 Å². The summed E-state index contributed by atoms with van der Waals surface area (Å²) in [6, 6.07) is 9.75. The molecule has 0 atom stereocenters. The molecule has 0 unspecified atom stereocenters. The lowest BCUT2D eigenvalue weighted by Gasteiger charge is -2.26. The first-order chi connectivity index (χ1) is 8.57. The van der Waals surface area contributed by atoms with Crippen LogP contribution in [0.5, 0.6) is 0 Å². The minimum absolute atomic E-state index is 0.0193. The molecular weight excluding hydrogens is 226 g/mol. The predicted molar refractivity (Wildman–Crippen MR) is 71.2 cm³/mol.